The van der Waals surface area contributed by atoms with E-state index in [1.54, 1.807) is 11.3 Å². The number of anilines is 3. The number of thiazole rings is 1. The summed E-state index contributed by atoms with van der Waals surface area (Å²) in [7, 11) is 0. The largest absolute Gasteiger partial charge is 0.372 e. The summed E-state index contributed by atoms with van der Waals surface area (Å²) in [6.45, 7) is 12.9. The Morgan fingerprint density at radius 3 is 2.58 bits per heavy atom. The molecule has 132 valence electrons. The van der Waals surface area contributed by atoms with E-state index in [-0.39, 0.29) is 0 Å². The van der Waals surface area contributed by atoms with Gasteiger partial charge in [-0.3, -0.25) is 0 Å². The standard InChI is InChI=1S/C19H30N4S/c1-5-11-20-12-10-16-14-24-19(21-16)22-18-9-8-17(13-15(18)4)23(6-2)7-3/h8-9,13-14,20H,5-7,10-12H2,1-4H3,(H,21,22). The second-order valence-electron chi connectivity index (χ2n) is 5.94. The summed E-state index contributed by atoms with van der Waals surface area (Å²) >= 11 is 1.68. The number of rotatable bonds is 10. The van der Waals surface area contributed by atoms with Crippen LogP contribution in [-0.4, -0.2) is 31.2 Å². The molecular formula is C19H30N4S. The summed E-state index contributed by atoms with van der Waals surface area (Å²) in [4.78, 5) is 7.05. The van der Waals surface area contributed by atoms with Gasteiger partial charge in [0.1, 0.15) is 0 Å². The highest BCUT2D eigenvalue weighted by molar-refractivity contribution is 7.13. The van der Waals surface area contributed by atoms with Crippen molar-refractivity contribution in [3.8, 4) is 0 Å². The minimum atomic E-state index is 0.971. The molecular weight excluding hydrogens is 316 g/mol. The molecule has 0 unspecified atom stereocenters. The van der Waals surface area contributed by atoms with Gasteiger partial charge in [0, 0.05) is 42.8 Å². The maximum Gasteiger partial charge on any atom is 0.187 e. The zero-order valence-corrected chi connectivity index (χ0v) is 16.2. The van der Waals surface area contributed by atoms with Gasteiger partial charge in [0.05, 0.1) is 5.69 Å². The fourth-order valence-electron chi connectivity index (χ4n) is 2.69. The molecule has 0 aliphatic rings. The molecule has 0 aliphatic carbocycles. The highest BCUT2D eigenvalue weighted by atomic mass is 32.1. The Morgan fingerprint density at radius 1 is 1.12 bits per heavy atom. The minimum Gasteiger partial charge on any atom is -0.372 e. The van der Waals surface area contributed by atoms with Gasteiger partial charge in [-0.15, -0.1) is 11.3 Å². The van der Waals surface area contributed by atoms with Crippen LogP contribution >= 0.6 is 11.3 Å². The number of aromatic nitrogens is 1. The minimum absolute atomic E-state index is 0.971. The molecule has 0 radical (unpaired) electrons. The number of nitrogens with zero attached hydrogens (tertiary/aromatic N) is 2. The molecule has 1 aromatic heterocycles. The fourth-order valence-corrected chi connectivity index (χ4v) is 3.44. The first kappa shape index (κ1) is 18.7. The average Bonchev–Trinajstić information content (AvgIpc) is 3.03. The molecule has 0 bridgehead atoms. The Hall–Kier alpha value is -1.59. The van der Waals surface area contributed by atoms with Gasteiger partial charge in [0.2, 0.25) is 0 Å². The molecule has 2 N–H and O–H groups in total. The van der Waals surface area contributed by atoms with Gasteiger partial charge in [0.15, 0.2) is 5.13 Å². The van der Waals surface area contributed by atoms with Crippen LogP contribution < -0.4 is 15.5 Å². The number of nitrogens with one attached hydrogen (secondary N) is 2. The van der Waals surface area contributed by atoms with E-state index in [1.807, 2.05) is 0 Å². The van der Waals surface area contributed by atoms with Crippen molar-refractivity contribution in [2.45, 2.75) is 40.5 Å². The molecule has 2 rings (SSSR count). The third-order valence-corrected chi connectivity index (χ3v) is 4.92. The highest BCUT2D eigenvalue weighted by Crippen LogP contribution is 2.27. The maximum atomic E-state index is 4.69. The first-order valence-electron chi connectivity index (χ1n) is 8.95. The molecule has 0 atom stereocenters. The number of hydrogen-bond donors (Lipinski definition) is 2. The Bertz CT molecular complexity index is 620. The fraction of sp³-hybridized carbons (Fsp3) is 0.526. The Labute approximate surface area is 150 Å². The normalized spacial score (nSPS) is 10.8. The lowest BCUT2D eigenvalue weighted by atomic mass is 10.1. The Balaban J connectivity index is 1.97. The van der Waals surface area contributed by atoms with Crippen molar-refractivity contribution in [1.82, 2.24) is 10.3 Å². The summed E-state index contributed by atoms with van der Waals surface area (Å²) in [6.07, 6.45) is 2.16. The third kappa shape index (κ3) is 5.21. The molecule has 1 aromatic carbocycles. The molecule has 0 amide bonds. The van der Waals surface area contributed by atoms with Gasteiger partial charge < -0.3 is 15.5 Å². The zero-order valence-electron chi connectivity index (χ0n) is 15.4. The summed E-state index contributed by atoms with van der Waals surface area (Å²) in [5.41, 5.74) is 4.82. The van der Waals surface area contributed by atoms with Gasteiger partial charge >= 0.3 is 0 Å². The molecule has 0 saturated heterocycles. The van der Waals surface area contributed by atoms with Gasteiger partial charge in [-0.2, -0.15) is 0 Å². The second-order valence-corrected chi connectivity index (χ2v) is 6.80. The van der Waals surface area contributed by atoms with Gasteiger partial charge in [-0.25, -0.2) is 4.98 Å². The molecule has 4 nitrogen and oxygen atoms in total. The van der Waals surface area contributed by atoms with Crippen LogP contribution in [0.25, 0.3) is 0 Å². The van der Waals surface area contributed by atoms with Crippen molar-refractivity contribution in [2.75, 3.05) is 36.4 Å². The highest BCUT2D eigenvalue weighted by Gasteiger charge is 2.07. The van der Waals surface area contributed by atoms with Crippen molar-refractivity contribution < 1.29 is 0 Å². The van der Waals surface area contributed by atoms with Crippen LogP contribution in [-0.2, 0) is 6.42 Å². The molecule has 1 heterocycles. The topological polar surface area (TPSA) is 40.2 Å². The first-order chi connectivity index (χ1) is 11.7. The number of hydrogen-bond acceptors (Lipinski definition) is 5. The summed E-state index contributed by atoms with van der Waals surface area (Å²) in [6, 6.07) is 6.59. The first-order valence-corrected chi connectivity index (χ1v) is 9.83. The van der Waals surface area contributed by atoms with E-state index >= 15 is 0 Å². The number of aryl methyl sites for hydroxylation is 1. The van der Waals surface area contributed by atoms with Crippen LogP contribution in [0.2, 0.25) is 0 Å². The van der Waals surface area contributed by atoms with Crippen LogP contribution in [0.3, 0.4) is 0 Å². The van der Waals surface area contributed by atoms with Crippen molar-refractivity contribution in [1.29, 1.82) is 0 Å². The van der Waals surface area contributed by atoms with Crippen molar-refractivity contribution >= 4 is 27.8 Å². The second kappa shape index (κ2) is 9.64. The predicted octanol–water partition coefficient (Wildman–Crippen LogP) is 4.58. The van der Waals surface area contributed by atoms with E-state index in [2.05, 4.69) is 66.8 Å². The van der Waals surface area contributed by atoms with Gasteiger partial charge in [-0.05, 0) is 57.5 Å². The maximum absolute atomic E-state index is 4.69. The van der Waals surface area contributed by atoms with E-state index in [0.717, 1.165) is 49.1 Å². The van der Waals surface area contributed by atoms with E-state index in [4.69, 9.17) is 4.98 Å². The van der Waals surface area contributed by atoms with Crippen LogP contribution in [0.5, 0.6) is 0 Å². The molecule has 0 aliphatic heterocycles. The van der Waals surface area contributed by atoms with E-state index in [1.165, 1.54) is 17.7 Å². The van der Waals surface area contributed by atoms with Crippen molar-refractivity contribution in [3.05, 3.63) is 34.8 Å². The van der Waals surface area contributed by atoms with Gasteiger partial charge in [0.25, 0.3) is 0 Å². The zero-order chi connectivity index (χ0) is 17.4. The van der Waals surface area contributed by atoms with Crippen LogP contribution in [0, 0.1) is 6.92 Å². The SMILES string of the molecule is CCCNCCc1csc(Nc2ccc(N(CC)CC)cc2C)n1. The Kier molecular flexibility index (Phi) is 7.53. The van der Waals surface area contributed by atoms with Crippen molar-refractivity contribution in [2.24, 2.45) is 0 Å². The quantitative estimate of drug-likeness (QED) is 0.618. The molecule has 0 saturated carbocycles. The smallest absolute Gasteiger partial charge is 0.187 e. The molecule has 24 heavy (non-hydrogen) atoms. The van der Waals surface area contributed by atoms with Gasteiger partial charge in [-0.1, -0.05) is 6.92 Å². The Morgan fingerprint density at radius 2 is 1.92 bits per heavy atom. The lowest BCUT2D eigenvalue weighted by Gasteiger charge is -2.22. The summed E-state index contributed by atoms with van der Waals surface area (Å²) < 4.78 is 0. The molecule has 2 aromatic rings. The van der Waals surface area contributed by atoms with E-state index in [0.29, 0.717) is 0 Å². The van der Waals surface area contributed by atoms with E-state index in [9.17, 15) is 0 Å². The lowest BCUT2D eigenvalue weighted by Crippen LogP contribution is -2.21. The molecule has 5 heteroatoms. The van der Waals surface area contributed by atoms with Crippen LogP contribution in [0.15, 0.2) is 23.6 Å². The molecule has 0 fully saturated rings. The molecule has 0 spiro atoms. The number of benzene rings is 1. The van der Waals surface area contributed by atoms with Crippen LogP contribution in [0.1, 0.15) is 38.4 Å². The third-order valence-electron chi connectivity index (χ3n) is 4.12. The predicted molar refractivity (Wildman–Crippen MR) is 107 cm³/mol. The van der Waals surface area contributed by atoms with Crippen molar-refractivity contribution in [3.63, 3.8) is 0 Å². The van der Waals surface area contributed by atoms with Crippen LogP contribution in [0.4, 0.5) is 16.5 Å². The summed E-state index contributed by atoms with van der Waals surface area (Å²) in [5, 5.41) is 10.0. The van der Waals surface area contributed by atoms with E-state index < -0.39 is 0 Å². The lowest BCUT2D eigenvalue weighted by molar-refractivity contribution is 0.667. The monoisotopic (exact) mass is 346 g/mol. The average molecular weight is 347 g/mol. The summed E-state index contributed by atoms with van der Waals surface area (Å²) in [5.74, 6) is 0.